The van der Waals surface area contributed by atoms with E-state index >= 15 is 0 Å². The van der Waals surface area contributed by atoms with E-state index in [2.05, 4.69) is 37.9 Å². The normalized spacial score (nSPS) is 11.2. The van der Waals surface area contributed by atoms with Gasteiger partial charge in [-0.2, -0.15) is 0 Å². The molecule has 0 aliphatic rings. The Morgan fingerprint density at radius 3 is 2.62 bits per heavy atom. The molecule has 1 aromatic heterocycles. The highest BCUT2D eigenvalue weighted by molar-refractivity contribution is 6.36. The fourth-order valence-electron chi connectivity index (χ4n) is 2.32. The second-order valence-corrected chi connectivity index (χ2v) is 4.67. The lowest BCUT2D eigenvalue weighted by molar-refractivity contribution is 0.918. The van der Waals surface area contributed by atoms with Crippen LogP contribution in [0.15, 0.2) is 12.1 Å². The summed E-state index contributed by atoms with van der Waals surface area (Å²) in [5, 5.41) is 2.17. The van der Waals surface area contributed by atoms with Crippen LogP contribution in [0.2, 0.25) is 5.02 Å². The van der Waals surface area contributed by atoms with Crippen molar-refractivity contribution in [3.63, 3.8) is 0 Å². The minimum atomic E-state index is 0.938. The Hall–Kier alpha value is -0.950. The molecule has 0 spiro atoms. The third kappa shape index (κ3) is 1.73. The number of hydrogen-bond donors (Lipinski definition) is 1. The zero-order valence-electron chi connectivity index (χ0n) is 10.2. The lowest BCUT2D eigenvalue weighted by Gasteiger charge is -2.05. The minimum Gasteiger partial charge on any atom is -0.358 e. The smallest absolute Gasteiger partial charge is 0.0534 e. The number of aryl methyl sites for hydroxylation is 3. The van der Waals surface area contributed by atoms with Crippen molar-refractivity contribution in [3.05, 3.63) is 34.0 Å². The first kappa shape index (κ1) is 11.5. The highest BCUT2D eigenvalue weighted by Gasteiger charge is 2.12. The van der Waals surface area contributed by atoms with Crippen molar-refractivity contribution in [2.75, 3.05) is 0 Å². The number of halogens is 1. The largest absolute Gasteiger partial charge is 0.358 e. The zero-order valence-corrected chi connectivity index (χ0v) is 10.9. The van der Waals surface area contributed by atoms with Gasteiger partial charge in [0, 0.05) is 16.6 Å². The average Bonchev–Trinajstić information content (AvgIpc) is 2.58. The summed E-state index contributed by atoms with van der Waals surface area (Å²) in [6.45, 7) is 6.48. The average molecular weight is 236 g/mol. The maximum Gasteiger partial charge on any atom is 0.0534 e. The van der Waals surface area contributed by atoms with Gasteiger partial charge in [-0.3, -0.25) is 0 Å². The predicted octanol–water partition coefficient (Wildman–Crippen LogP) is 4.64. The van der Waals surface area contributed by atoms with E-state index < -0.39 is 0 Å². The van der Waals surface area contributed by atoms with Crippen LogP contribution in [0, 0.1) is 6.92 Å². The van der Waals surface area contributed by atoms with Crippen molar-refractivity contribution < 1.29 is 0 Å². The Kier molecular flexibility index (Phi) is 3.25. The summed E-state index contributed by atoms with van der Waals surface area (Å²) in [5.74, 6) is 0. The van der Waals surface area contributed by atoms with Gasteiger partial charge in [0.15, 0.2) is 0 Å². The number of rotatable bonds is 3. The first-order valence-electron chi connectivity index (χ1n) is 5.97. The van der Waals surface area contributed by atoms with Crippen molar-refractivity contribution in [2.45, 2.75) is 40.0 Å². The van der Waals surface area contributed by atoms with Gasteiger partial charge in [0.25, 0.3) is 0 Å². The van der Waals surface area contributed by atoms with E-state index in [0.29, 0.717) is 0 Å². The molecule has 2 rings (SSSR count). The van der Waals surface area contributed by atoms with Crippen LogP contribution in [0.4, 0.5) is 0 Å². The molecule has 1 N–H and O–H groups in total. The summed E-state index contributed by atoms with van der Waals surface area (Å²) in [5.41, 5.74) is 5.05. The number of hydrogen-bond acceptors (Lipinski definition) is 0. The summed E-state index contributed by atoms with van der Waals surface area (Å²) >= 11 is 6.48. The molecule has 0 saturated heterocycles. The van der Waals surface area contributed by atoms with Crippen LogP contribution in [0.25, 0.3) is 10.9 Å². The molecule has 0 radical (unpaired) electrons. The van der Waals surface area contributed by atoms with Crippen molar-refractivity contribution in [2.24, 2.45) is 0 Å². The van der Waals surface area contributed by atoms with Crippen molar-refractivity contribution in [3.8, 4) is 0 Å². The molecule has 0 atom stereocenters. The Morgan fingerprint density at radius 1 is 1.25 bits per heavy atom. The van der Waals surface area contributed by atoms with Crippen LogP contribution in [0.1, 0.15) is 37.1 Å². The van der Waals surface area contributed by atoms with E-state index in [1.807, 2.05) is 0 Å². The SMILES string of the molecule is CCCc1c(C)[nH]c2ccc(CC)c(Cl)c12. The summed E-state index contributed by atoms with van der Waals surface area (Å²) in [6, 6.07) is 4.27. The van der Waals surface area contributed by atoms with Gasteiger partial charge in [0.2, 0.25) is 0 Å². The monoisotopic (exact) mass is 235 g/mol. The molecule has 1 nitrogen and oxygen atoms in total. The molecule has 0 fully saturated rings. The lowest BCUT2D eigenvalue weighted by atomic mass is 10.0. The molecule has 86 valence electrons. The summed E-state index contributed by atoms with van der Waals surface area (Å²) in [7, 11) is 0. The highest BCUT2D eigenvalue weighted by Crippen LogP contribution is 2.32. The van der Waals surface area contributed by atoms with Gasteiger partial charge in [-0.25, -0.2) is 0 Å². The van der Waals surface area contributed by atoms with Crippen LogP contribution in [0.3, 0.4) is 0 Å². The molecule has 1 aromatic carbocycles. The van der Waals surface area contributed by atoms with E-state index in [4.69, 9.17) is 11.6 Å². The van der Waals surface area contributed by atoms with Crippen molar-refractivity contribution in [1.29, 1.82) is 0 Å². The third-order valence-electron chi connectivity index (χ3n) is 3.18. The maximum absolute atomic E-state index is 6.48. The number of H-pyrrole nitrogens is 1. The van der Waals surface area contributed by atoms with Crippen LogP contribution < -0.4 is 0 Å². The fraction of sp³-hybridized carbons (Fsp3) is 0.429. The summed E-state index contributed by atoms with van der Waals surface area (Å²) < 4.78 is 0. The summed E-state index contributed by atoms with van der Waals surface area (Å²) in [6.07, 6.45) is 3.24. The van der Waals surface area contributed by atoms with Gasteiger partial charge in [-0.05, 0) is 37.0 Å². The fourth-order valence-corrected chi connectivity index (χ4v) is 2.73. The zero-order chi connectivity index (χ0) is 11.7. The third-order valence-corrected chi connectivity index (χ3v) is 3.61. The van der Waals surface area contributed by atoms with E-state index in [9.17, 15) is 0 Å². The van der Waals surface area contributed by atoms with Crippen molar-refractivity contribution >= 4 is 22.5 Å². The number of nitrogens with one attached hydrogen (secondary N) is 1. The Morgan fingerprint density at radius 2 is 2.00 bits per heavy atom. The molecule has 0 bridgehead atoms. The van der Waals surface area contributed by atoms with Crippen LogP contribution >= 0.6 is 11.6 Å². The lowest BCUT2D eigenvalue weighted by Crippen LogP contribution is -1.87. The van der Waals surface area contributed by atoms with E-state index in [0.717, 1.165) is 24.3 Å². The van der Waals surface area contributed by atoms with Gasteiger partial charge in [0.1, 0.15) is 0 Å². The Balaban J connectivity index is 2.73. The molecule has 0 aliphatic heterocycles. The van der Waals surface area contributed by atoms with Gasteiger partial charge < -0.3 is 4.98 Å². The quantitative estimate of drug-likeness (QED) is 0.798. The standard InChI is InChI=1S/C14H18ClN/c1-4-6-11-9(3)16-12-8-7-10(5-2)14(15)13(11)12/h7-8,16H,4-6H2,1-3H3. The van der Waals surface area contributed by atoms with E-state index in [1.165, 1.54) is 27.7 Å². The molecular weight excluding hydrogens is 218 g/mol. The van der Waals surface area contributed by atoms with Gasteiger partial charge in [0.05, 0.1) is 5.02 Å². The number of fused-ring (bicyclic) bond motifs is 1. The molecule has 0 aliphatic carbocycles. The maximum atomic E-state index is 6.48. The molecule has 2 heteroatoms. The summed E-state index contributed by atoms with van der Waals surface area (Å²) in [4.78, 5) is 3.42. The molecule has 16 heavy (non-hydrogen) atoms. The van der Waals surface area contributed by atoms with Crippen LogP contribution in [0.5, 0.6) is 0 Å². The van der Waals surface area contributed by atoms with Gasteiger partial charge in [-0.1, -0.05) is 37.9 Å². The molecule has 2 aromatic rings. The molecule has 1 heterocycles. The molecule has 0 saturated carbocycles. The number of aromatic nitrogens is 1. The van der Waals surface area contributed by atoms with Gasteiger partial charge in [-0.15, -0.1) is 0 Å². The second kappa shape index (κ2) is 4.50. The molecule has 0 unspecified atom stereocenters. The second-order valence-electron chi connectivity index (χ2n) is 4.29. The number of benzene rings is 1. The number of aromatic amines is 1. The van der Waals surface area contributed by atoms with Crippen LogP contribution in [-0.2, 0) is 12.8 Å². The predicted molar refractivity (Wildman–Crippen MR) is 71.4 cm³/mol. The topological polar surface area (TPSA) is 15.8 Å². The Bertz CT molecular complexity index is 511. The molecular formula is C14H18ClN. The first-order valence-corrected chi connectivity index (χ1v) is 6.35. The Labute approximate surface area is 102 Å². The van der Waals surface area contributed by atoms with Crippen LogP contribution in [-0.4, -0.2) is 4.98 Å². The molecule has 0 amide bonds. The first-order chi connectivity index (χ1) is 7.69. The van der Waals surface area contributed by atoms with Crippen molar-refractivity contribution in [1.82, 2.24) is 4.98 Å². The minimum absolute atomic E-state index is 0.938. The van der Waals surface area contributed by atoms with E-state index in [1.54, 1.807) is 0 Å². The highest BCUT2D eigenvalue weighted by atomic mass is 35.5. The van der Waals surface area contributed by atoms with Gasteiger partial charge >= 0.3 is 0 Å². The van der Waals surface area contributed by atoms with E-state index in [-0.39, 0.29) is 0 Å².